The molecular weight excluding hydrogens is 404 g/mol. The SMILES string of the molecule is CC(Nc1ccc(NC(=O)NC2CC2)cc1)C(=O)N(C)CCOc1ccc(Cl)cc1. The van der Waals surface area contributed by atoms with Gasteiger partial charge in [-0.3, -0.25) is 4.79 Å². The molecule has 0 aromatic heterocycles. The first-order valence-electron chi connectivity index (χ1n) is 9.98. The van der Waals surface area contributed by atoms with Crippen LogP contribution in [0.2, 0.25) is 5.02 Å². The van der Waals surface area contributed by atoms with Gasteiger partial charge in [-0.25, -0.2) is 4.79 Å². The summed E-state index contributed by atoms with van der Waals surface area (Å²) in [5.41, 5.74) is 1.50. The molecule has 3 N–H and O–H groups in total. The van der Waals surface area contributed by atoms with Crippen LogP contribution >= 0.6 is 11.6 Å². The molecule has 0 spiro atoms. The average Bonchev–Trinajstić information content (AvgIpc) is 3.54. The molecular formula is C22H27ClN4O3. The highest BCUT2D eigenvalue weighted by Gasteiger charge is 2.23. The third-order valence-electron chi connectivity index (χ3n) is 4.69. The largest absolute Gasteiger partial charge is 0.492 e. The van der Waals surface area contributed by atoms with Crippen molar-refractivity contribution in [2.75, 3.05) is 30.8 Å². The van der Waals surface area contributed by atoms with Crippen LogP contribution in [0.4, 0.5) is 16.2 Å². The fourth-order valence-electron chi connectivity index (χ4n) is 2.81. The average molecular weight is 431 g/mol. The van der Waals surface area contributed by atoms with Gasteiger partial charge in [0.2, 0.25) is 5.91 Å². The number of amides is 3. The van der Waals surface area contributed by atoms with Crippen molar-refractivity contribution in [1.29, 1.82) is 0 Å². The molecule has 1 unspecified atom stereocenters. The number of ether oxygens (including phenoxy) is 1. The van der Waals surface area contributed by atoms with E-state index in [-0.39, 0.29) is 11.9 Å². The molecule has 1 atom stereocenters. The second kappa shape index (κ2) is 10.2. The Morgan fingerprint density at radius 1 is 1.10 bits per heavy atom. The van der Waals surface area contributed by atoms with Gasteiger partial charge in [0.25, 0.3) is 0 Å². The van der Waals surface area contributed by atoms with Gasteiger partial charge in [-0.15, -0.1) is 0 Å². The summed E-state index contributed by atoms with van der Waals surface area (Å²) >= 11 is 5.85. The van der Waals surface area contributed by atoms with Crippen molar-refractivity contribution in [3.05, 3.63) is 53.6 Å². The maximum absolute atomic E-state index is 12.6. The molecule has 1 fully saturated rings. The summed E-state index contributed by atoms with van der Waals surface area (Å²) in [5, 5.41) is 9.51. The molecule has 160 valence electrons. The Hall–Kier alpha value is -2.93. The Balaban J connectivity index is 1.41. The first kappa shape index (κ1) is 21.8. The van der Waals surface area contributed by atoms with E-state index in [1.165, 1.54) is 0 Å². The van der Waals surface area contributed by atoms with E-state index in [0.29, 0.717) is 35.7 Å². The van der Waals surface area contributed by atoms with E-state index in [0.717, 1.165) is 18.5 Å². The molecule has 1 saturated carbocycles. The minimum absolute atomic E-state index is 0.0410. The van der Waals surface area contributed by atoms with E-state index < -0.39 is 6.04 Å². The van der Waals surface area contributed by atoms with Crippen LogP contribution in [0.3, 0.4) is 0 Å². The summed E-state index contributed by atoms with van der Waals surface area (Å²) in [7, 11) is 1.75. The summed E-state index contributed by atoms with van der Waals surface area (Å²) in [5.74, 6) is 0.673. The molecule has 0 heterocycles. The van der Waals surface area contributed by atoms with Gasteiger partial charge in [-0.1, -0.05) is 11.6 Å². The van der Waals surface area contributed by atoms with Crippen LogP contribution < -0.4 is 20.7 Å². The number of hydrogen-bond donors (Lipinski definition) is 3. The van der Waals surface area contributed by atoms with Crippen LogP contribution in [-0.4, -0.2) is 49.1 Å². The number of likely N-dealkylation sites (N-methyl/N-ethyl adjacent to an activating group) is 1. The van der Waals surface area contributed by atoms with Crippen molar-refractivity contribution in [3.8, 4) is 5.75 Å². The number of benzene rings is 2. The standard InChI is InChI=1S/C22H27ClN4O3/c1-15(21(28)27(2)13-14-30-20-11-3-16(23)4-12-20)24-17-5-7-18(8-6-17)25-22(29)26-19-9-10-19/h3-8,11-12,15,19,24H,9-10,13-14H2,1-2H3,(H2,25,26,29). The molecule has 7 nitrogen and oxygen atoms in total. The van der Waals surface area contributed by atoms with Gasteiger partial charge in [0.05, 0.1) is 6.54 Å². The molecule has 30 heavy (non-hydrogen) atoms. The summed E-state index contributed by atoms with van der Waals surface area (Å²) < 4.78 is 5.64. The fourth-order valence-corrected chi connectivity index (χ4v) is 2.94. The summed E-state index contributed by atoms with van der Waals surface area (Å²) in [6, 6.07) is 14.1. The third kappa shape index (κ3) is 6.84. The van der Waals surface area contributed by atoms with Crippen LogP contribution in [0.25, 0.3) is 0 Å². The van der Waals surface area contributed by atoms with Gasteiger partial charge >= 0.3 is 6.03 Å². The first-order valence-corrected chi connectivity index (χ1v) is 10.4. The van der Waals surface area contributed by atoms with E-state index in [1.807, 2.05) is 19.1 Å². The molecule has 0 bridgehead atoms. The Labute approximate surface area is 181 Å². The summed E-state index contributed by atoms with van der Waals surface area (Å²) in [6.45, 7) is 2.67. The Morgan fingerprint density at radius 3 is 2.37 bits per heavy atom. The highest BCUT2D eigenvalue weighted by molar-refractivity contribution is 6.30. The van der Waals surface area contributed by atoms with E-state index in [2.05, 4.69) is 16.0 Å². The molecule has 3 rings (SSSR count). The Bertz CT molecular complexity index is 854. The Kier molecular flexibility index (Phi) is 7.41. The lowest BCUT2D eigenvalue weighted by Crippen LogP contribution is -2.40. The van der Waals surface area contributed by atoms with Crippen molar-refractivity contribution < 1.29 is 14.3 Å². The van der Waals surface area contributed by atoms with E-state index in [1.54, 1.807) is 48.3 Å². The number of halogens is 1. The predicted molar refractivity (Wildman–Crippen MR) is 119 cm³/mol. The number of nitrogens with zero attached hydrogens (tertiary/aromatic N) is 1. The van der Waals surface area contributed by atoms with Crippen LogP contribution in [-0.2, 0) is 4.79 Å². The Morgan fingerprint density at radius 2 is 1.73 bits per heavy atom. The number of nitrogens with one attached hydrogen (secondary N) is 3. The van der Waals surface area contributed by atoms with Crippen molar-refractivity contribution in [2.45, 2.75) is 31.8 Å². The number of carbonyl (C=O) groups is 2. The van der Waals surface area contributed by atoms with E-state index in [9.17, 15) is 9.59 Å². The molecule has 1 aliphatic carbocycles. The molecule has 2 aromatic rings. The number of rotatable bonds is 9. The van der Waals surface area contributed by atoms with Crippen LogP contribution in [0.5, 0.6) is 5.75 Å². The zero-order valence-electron chi connectivity index (χ0n) is 17.2. The van der Waals surface area contributed by atoms with Crippen molar-refractivity contribution in [3.63, 3.8) is 0 Å². The summed E-state index contributed by atoms with van der Waals surface area (Å²) in [4.78, 5) is 26.0. The summed E-state index contributed by atoms with van der Waals surface area (Å²) in [6.07, 6.45) is 2.09. The van der Waals surface area contributed by atoms with Crippen LogP contribution in [0.1, 0.15) is 19.8 Å². The second-order valence-electron chi connectivity index (χ2n) is 7.38. The van der Waals surface area contributed by atoms with E-state index >= 15 is 0 Å². The molecule has 8 heteroatoms. The number of anilines is 2. The van der Waals surface area contributed by atoms with Gasteiger partial charge in [0.15, 0.2) is 0 Å². The molecule has 2 aromatic carbocycles. The van der Waals surface area contributed by atoms with Gasteiger partial charge in [-0.05, 0) is 68.3 Å². The number of carbonyl (C=O) groups excluding carboxylic acids is 2. The molecule has 3 amide bonds. The van der Waals surface area contributed by atoms with Crippen molar-refractivity contribution >= 4 is 34.9 Å². The lowest BCUT2D eigenvalue weighted by atomic mass is 10.2. The van der Waals surface area contributed by atoms with Crippen molar-refractivity contribution in [1.82, 2.24) is 10.2 Å². The third-order valence-corrected chi connectivity index (χ3v) is 4.95. The van der Waals surface area contributed by atoms with Gasteiger partial charge in [0.1, 0.15) is 18.4 Å². The quantitative estimate of drug-likeness (QED) is 0.562. The van der Waals surface area contributed by atoms with Gasteiger partial charge in [-0.2, -0.15) is 0 Å². The normalized spacial score (nSPS) is 13.8. The zero-order chi connectivity index (χ0) is 21.5. The van der Waals surface area contributed by atoms with Gasteiger partial charge in [0, 0.05) is 29.5 Å². The fraction of sp³-hybridized carbons (Fsp3) is 0.364. The number of hydrogen-bond acceptors (Lipinski definition) is 4. The first-order chi connectivity index (χ1) is 14.4. The minimum atomic E-state index is -0.400. The van der Waals surface area contributed by atoms with Crippen LogP contribution in [0.15, 0.2) is 48.5 Å². The van der Waals surface area contributed by atoms with Crippen LogP contribution in [0, 0.1) is 0 Å². The maximum Gasteiger partial charge on any atom is 0.319 e. The predicted octanol–water partition coefficient (Wildman–Crippen LogP) is 3.96. The topological polar surface area (TPSA) is 82.7 Å². The van der Waals surface area contributed by atoms with Crippen molar-refractivity contribution in [2.24, 2.45) is 0 Å². The van der Waals surface area contributed by atoms with E-state index in [4.69, 9.17) is 16.3 Å². The molecule has 0 aliphatic heterocycles. The lowest BCUT2D eigenvalue weighted by Gasteiger charge is -2.23. The number of urea groups is 1. The lowest BCUT2D eigenvalue weighted by molar-refractivity contribution is -0.130. The highest BCUT2D eigenvalue weighted by Crippen LogP contribution is 2.19. The smallest absolute Gasteiger partial charge is 0.319 e. The van der Waals surface area contributed by atoms with Gasteiger partial charge < -0.3 is 25.6 Å². The molecule has 0 saturated heterocycles. The monoisotopic (exact) mass is 430 g/mol. The molecule has 1 aliphatic rings. The highest BCUT2D eigenvalue weighted by atomic mass is 35.5. The second-order valence-corrected chi connectivity index (χ2v) is 7.81. The molecule has 0 radical (unpaired) electrons. The zero-order valence-corrected chi connectivity index (χ0v) is 17.9. The maximum atomic E-state index is 12.6. The minimum Gasteiger partial charge on any atom is -0.492 e.